The number of benzene rings is 1. The lowest BCUT2D eigenvalue weighted by Crippen LogP contribution is -2.36. The average Bonchev–Trinajstić information content (AvgIpc) is 2.64. The number of likely N-dealkylation sites (tertiary alicyclic amines) is 1. The first-order valence-corrected chi connectivity index (χ1v) is 6.36. The van der Waals surface area contributed by atoms with Gasteiger partial charge in [-0.3, -0.25) is 0 Å². The number of amides is 2. The van der Waals surface area contributed by atoms with Crippen LogP contribution in [0.1, 0.15) is 13.3 Å². The molecule has 1 aromatic rings. The molecular weight excluding hydrogens is 275 g/mol. The Balaban J connectivity index is 2.01. The van der Waals surface area contributed by atoms with E-state index in [0.29, 0.717) is 35.2 Å². The van der Waals surface area contributed by atoms with Crippen LogP contribution in [0.25, 0.3) is 0 Å². The summed E-state index contributed by atoms with van der Waals surface area (Å²) in [4.78, 5) is 13.5. The summed E-state index contributed by atoms with van der Waals surface area (Å²) in [7, 11) is 0. The standard InChI is InChI=1S/C12H14Cl2N2O2/c1-12(18)4-5-16(7-12)11(17)15-8-2-3-9(13)10(14)6-8/h2-3,6,18H,4-5,7H2,1H3,(H,15,17). The molecule has 1 saturated heterocycles. The molecule has 0 aromatic heterocycles. The van der Waals surface area contributed by atoms with Crippen LogP contribution in [0.3, 0.4) is 0 Å². The molecule has 1 aliphatic rings. The van der Waals surface area contributed by atoms with Gasteiger partial charge in [0.05, 0.1) is 22.2 Å². The van der Waals surface area contributed by atoms with Gasteiger partial charge in [0, 0.05) is 12.2 Å². The number of urea groups is 1. The number of nitrogens with zero attached hydrogens (tertiary/aromatic N) is 1. The van der Waals surface area contributed by atoms with E-state index in [0.717, 1.165) is 0 Å². The van der Waals surface area contributed by atoms with Crippen LogP contribution in [0, 0.1) is 0 Å². The summed E-state index contributed by atoms with van der Waals surface area (Å²) in [6.07, 6.45) is 0.585. The first kappa shape index (κ1) is 13.5. The van der Waals surface area contributed by atoms with Crippen molar-refractivity contribution in [3.8, 4) is 0 Å². The molecule has 1 unspecified atom stereocenters. The Morgan fingerprint density at radius 1 is 1.44 bits per heavy atom. The molecule has 0 bridgehead atoms. The second kappa shape index (κ2) is 4.96. The second-order valence-electron chi connectivity index (χ2n) is 4.73. The Labute approximate surface area is 115 Å². The maximum absolute atomic E-state index is 11.9. The van der Waals surface area contributed by atoms with Crippen molar-refractivity contribution in [1.82, 2.24) is 4.90 Å². The number of carbonyl (C=O) groups is 1. The Bertz CT molecular complexity index is 477. The summed E-state index contributed by atoms with van der Waals surface area (Å²) in [5.41, 5.74) is -0.212. The van der Waals surface area contributed by atoms with E-state index in [1.54, 1.807) is 30.0 Å². The number of aliphatic hydroxyl groups is 1. The zero-order chi connectivity index (χ0) is 13.3. The van der Waals surface area contributed by atoms with E-state index in [4.69, 9.17) is 23.2 Å². The fourth-order valence-electron chi connectivity index (χ4n) is 1.89. The van der Waals surface area contributed by atoms with Crippen molar-refractivity contribution >= 4 is 34.9 Å². The average molecular weight is 289 g/mol. The topological polar surface area (TPSA) is 52.6 Å². The van der Waals surface area contributed by atoms with Gasteiger partial charge < -0.3 is 15.3 Å². The van der Waals surface area contributed by atoms with Crippen LogP contribution in [0.2, 0.25) is 10.0 Å². The van der Waals surface area contributed by atoms with Crippen LogP contribution < -0.4 is 5.32 Å². The highest BCUT2D eigenvalue weighted by atomic mass is 35.5. The normalized spacial score (nSPS) is 23.2. The third-order valence-corrected chi connectivity index (χ3v) is 3.65. The first-order valence-electron chi connectivity index (χ1n) is 5.61. The Morgan fingerprint density at radius 2 is 2.17 bits per heavy atom. The molecule has 2 amide bonds. The maximum atomic E-state index is 11.9. The molecule has 4 nitrogen and oxygen atoms in total. The number of anilines is 1. The van der Waals surface area contributed by atoms with Gasteiger partial charge in [-0.1, -0.05) is 23.2 Å². The second-order valence-corrected chi connectivity index (χ2v) is 5.54. The van der Waals surface area contributed by atoms with E-state index in [9.17, 15) is 9.90 Å². The monoisotopic (exact) mass is 288 g/mol. The molecule has 1 fully saturated rings. The first-order chi connectivity index (χ1) is 8.37. The van der Waals surface area contributed by atoms with Crippen molar-refractivity contribution in [2.75, 3.05) is 18.4 Å². The van der Waals surface area contributed by atoms with Crippen molar-refractivity contribution < 1.29 is 9.90 Å². The molecule has 6 heteroatoms. The van der Waals surface area contributed by atoms with Crippen molar-refractivity contribution in [2.24, 2.45) is 0 Å². The predicted molar refractivity (Wildman–Crippen MR) is 72.3 cm³/mol. The van der Waals surface area contributed by atoms with Crippen molar-refractivity contribution in [1.29, 1.82) is 0 Å². The fourth-order valence-corrected chi connectivity index (χ4v) is 2.19. The molecule has 1 aromatic carbocycles. The molecule has 0 aliphatic carbocycles. The third kappa shape index (κ3) is 3.07. The van der Waals surface area contributed by atoms with Gasteiger partial charge in [0.2, 0.25) is 0 Å². The molecule has 2 N–H and O–H groups in total. The van der Waals surface area contributed by atoms with E-state index >= 15 is 0 Å². The third-order valence-electron chi connectivity index (χ3n) is 2.91. The van der Waals surface area contributed by atoms with Crippen LogP contribution in [0.5, 0.6) is 0 Å². The van der Waals surface area contributed by atoms with E-state index in [2.05, 4.69) is 5.32 Å². The highest BCUT2D eigenvalue weighted by Gasteiger charge is 2.33. The summed E-state index contributed by atoms with van der Waals surface area (Å²) < 4.78 is 0. The van der Waals surface area contributed by atoms with Gasteiger partial charge in [-0.2, -0.15) is 0 Å². The number of rotatable bonds is 1. The molecule has 0 spiro atoms. The van der Waals surface area contributed by atoms with Gasteiger partial charge >= 0.3 is 6.03 Å². The van der Waals surface area contributed by atoms with Crippen LogP contribution in [0.15, 0.2) is 18.2 Å². The Morgan fingerprint density at radius 3 is 2.72 bits per heavy atom. The van der Waals surface area contributed by atoms with Gasteiger partial charge in [-0.25, -0.2) is 4.79 Å². The molecule has 1 heterocycles. The maximum Gasteiger partial charge on any atom is 0.321 e. The Kier molecular flexibility index (Phi) is 3.71. The molecule has 2 rings (SSSR count). The van der Waals surface area contributed by atoms with Crippen molar-refractivity contribution in [2.45, 2.75) is 18.9 Å². The van der Waals surface area contributed by atoms with Crippen molar-refractivity contribution in [3.63, 3.8) is 0 Å². The minimum absolute atomic E-state index is 0.244. The quantitative estimate of drug-likeness (QED) is 0.835. The minimum Gasteiger partial charge on any atom is -0.388 e. The lowest BCUT2D eigenvalue weighted by Gasteiger charge is -2.19. The lowest BCUT2D eigenvalue weighted by molar-refractivity contribution is 0.0727. The largest absolute Gasteiger partial charge is 0.388 e. The number of halogens is 2. The number of carbonyl (C=O) groups excluding carboxylic acids is 1. The smallest absolute Gasteiger partial charge is 0.321 e. The molecular formula is C12H14Cl2N2O2. The molecule has 0 radical (unpaired) electrons. The summed E-state index contributed by atoms with van der Waals surface area (Å²) in [6, 6.07) is 4.65. The molecule has 18 heavy (non-hydrogen) atoms. The summed E-state index contributed by atoms with van der Waals surface area (Å²) in [5.74, 6) is 0. The van der Waals surface area contributed by atoms with E-state index < -0.39 is 5.60 Å². The molecule has 0 saturated carbocycles. The van der Waals surface area contributed by atoms with E-state index in [-0.39, 0.29) is 6.03 Å². The summed E-state index contributed by atoms with van der Waals surface area (Å²) in [6.45, 7) is 2.60. The molecule has 98 valence electrons. The van der Waals surface area contributed by atoms with Gasteiger partial charge in [0.25, 0.3) is 0 Å². The number of β-amino-alcohol motifs (C(OH)–C–C–N with tert-alkyl or cyclic N) is 1. The van der Waals surface area contributed by atoms with Crippen LogP contribution in [0.4, 0.5) is 10.5 Å². The van der Waals surface area contributed by atoms with E-state index in [1.807, 2.05) is 0 Å². The highest BCUT2D eigenvalue weighted by Crippen LogP contribution is 2.26. The predicted octanol–water partition coefficient (Wildman–Crippen LogP) is 2.98. The highest BCUT2D eigenvalue weighted by molar-refractivity contribution is 6.42. The van der Waals surface area contributed by atoms with E-state index in [1.165, 1.54) is 0 Å². The number of nitrogens with one attached hydrogen (secondary N) is 1. The van der Waals surface area contributed by atoms with Gasteiger partial charge in [0.1, 0.15) is 0 Å². The fraction of sp³-hybridized carbons (Fsp3) is 0.417. The van der Waals surface area contributed by atoms with Crippen LogP contribution in [-0.2, 0) is 0 Å². The summed E-state index contributed by atoms with van der Waals surface area (Å²) >= 11 is 11.7. The van der Waals surface area contributed by atoms with Gasteiger partial charge in [-0.15, -0.1) is 0 Å². The lowest BCUT2D eigenvalue weighted by atomic mass is 10.1. The van der Waals surface area contributed by atoms with Crippen LogP contribution >= 0.6 is 23.2 Å². The summed E-state index contributed by atoms with van der Waals surface area (Å²) in [5, 5.41) is 13.4. The SMILES string of the molecule is CC1(O)CCN(C(=O)Nc2ccc(Cl)c(Cl)c2)C1. The van der Waals surface area contributed by atoms with Crippen LogP contribution in [-0.4, -0.2) is 34.7 Å². The van der Waals surface area contributed by atoms with Crippen molar-refractivity contribution in [3.05, 3.63) is 28.2 Å². The Hall–Kier alpha value is -0.970. The van der Waals surface area contributed by atoms with Gasteiger partial charge in [-0.05, 0) is 31.5 Å². The molecule has 1 aliphatic heterocycles. The number of hydrogen-bond acceptors (Lipinski definition) is 2. The zero-order valence-electron chi connectivity index (χ0n) is 9.91. The molecule has 1 atom stereocenters. The van der Waals surface area contributed by atoms with Gasteiger partial charge in [0.15, 0.2) is 0 Å². The zero-order valence-corrected chi connectivity index (χ0v) is 11.4. The number of hydrogen-bond donors (Lipinski definition) is 2. The minimum atomic E-state index is -0.797.